The van der Waals surface area contributed by atoms with Gasteiger partial charge in [0.05, 0.1) is 10.0 Å². The van der Waals surface area contributed by atoms with Crippen molar-refractivity contribution in [2.24, 2.45) is 0 Å². The van der Waals surface area contributed by atoms with Crippen molar-refractivity contribution in [1.82, 2.24) is 4.40 Å². The number of alkyl halides is 3. The first-order chi connectivity index (χ1) is 7.39. The van der Waals surface area contributed by atoms with E-state index in [4.69, 9.17) is 0 Å². The van der Waals surface area contributed by atoms with Crippen LogP contribution in [-0.4, -0.2) is 4.40 Å². The number of hydrogen-bond donors (Lipinski definition) is 0. The third-order valence-corrected chi connectivity index (χ3v) is 2.74. The van der Waals surface area contributed by atoms with E-state index in [0.29, 0.717) is 4.47 Å². The molecule has 0 saturated carbocycles. The number of rotatable bonds is 0. The van der Waals surface area contributed by atoms with E-state index in [2.05, 4.69) is 15.9 Å². The number of halogens is 4. The topological polar surface area (TPSA) is 21.5 Å². The lowest BCUT2D eigenvalue weighted by molar-refractivity contribution is -0.137. The maximum Gasteiger partial charge on any atom is 0.416 e. The Labute approximate surface area is 96.5 Å². The van der Waals surface area contributed by atoms with E-state index in [1.54, 1.807) is 0 Å². The summed E-state index contributed by atoms with van der Waals surface area (Å²) in [5, 5.41) is 0. The van der Waals surface area contributed by atoms with E-state index in [9.17, 15) is 18.0 Å². The predicted octanol–water partition coefficient (Wildman–Crippen LogP) is 3.08. The average Bonchev–Trinajstić information content (AvgIpc) is 2.22. The molecule has 0 saturated heterocycles. The molecule has 0 amide bonds. The van der Waals surface area contributed by atoms with Crippen molar-refractivity contribution in [2.75, 3.05) is 0 Å². The highest BCUT2D eigenvalue weighted by Crippen LogP contribution is 2.29. The molecule has 0 unspecified atom stereocenters. The Bertz CT molecular complexity index is 603. The van der Waals surface area contributed by atoms with E-state index in [1.807, 2.05) is 0 Å². The number of pyridine rings is 2. The highest BCUT2D eigenvalue weighted by molar-refractivity contribution is 9.10. The van der Waals surface area contributed by atoms with Crippen molar-refractivity contribution >= 4 is 21.4 Å². The van der Waals surface area contributed by atoms with Crippen LogP contribution in [0.25, 0.3) is 5.52 Å². The molecule has 0 aliphatic rings. The van der Waals surface area contributed by atoms with Crippen molar-refractivity contribution in [3.8, 4) is 0 Å². The third kappa shape index (κ3) is 1.84. The average molecular weight is 292 g/mol. The molecule has 0 aliphatic heterocycles. The van der Waals surface area contributed by atoms with Gasteiger partial charge in [-0.05, 0) is 40.2 Å². The Hall–Kier alpha value is -1.30. The molecule has 2 rings (SSSR count). The molecule has 84 valence electrons. The summed E-state index contributed by atoms with van der Waals surface area (Å²) in [6, 6.07) is 4.69. The van der Waals surface area contributed by atoms with Crippen LogP contribution >= 0.6 is 15.9 Å². The molecule has 2 aromatic rings. The van der Waals surface area contributed by atoms with Crippen LogP contribution in [0.1, 0.15) is 5.56 Å². The van der Waals surface area contributed by atoms with Gasteiger partial charge in [-0.3, -0.25) is 9.20 Å². The summed E-state index contributed by atoms with van der Waals surface area (Å²) in [6.07, 6.45) is -3.28. The van der Waals surface area contributed by atoms with Crippen molar-refractivity contribution in [2.45, 2.75) is 6.18 Å². The summed E-state index contributed by atoms with van der Waals surface area (Å²) in [5.74, 6) is 0. The zero-order valence-electron chi connectivity index (χ0n) is 7.75. The second-order valence-corrected chi connectivity index (χ2v) is 4.05. The van der Waals surface area contributed by atoms with E-state index in [0.717, 1.165) is 22.7 Å². The highest BCUT2D eigenvalue weighted by atomic mass is 79.9. The number of hydrogen-bond acceptors (Lipinski definition) is 1. The fourth-order valence-electron chi connectivity index (χ4n) is 1.35. The van der Waals surface area contributed by atoms with Crippen molar-refractivity contribution in [3.05, 3.63) is 50.9 Å². The van der Waals surface area contributed by atoms with Crippen molar-refractivity contribution < 1.29 is 13.2 Å². The molecular weight excluding hydrogens is 287 g/mol. The van der Waals surface area contributed by atoms with E-state index in [1.165, 1.54) is 12.1 Å². The molecule has 0 atom stereocenters. The molecule has 0 spiro atoms. The fraction of sp³-hybridized carbons (Fsp3) is 0.100. The van der Waals surface area contributed by atoms with Gasteiger partial charge in [-0.1, -0.05) is 0 Å². The summed E-state index contributed by atoms with van der Waals surface area (Å²) in [7, 11) is 0. The highest BCUT2D eigenvalue weighted by Gasteiger charge is 2.30. The summed E-state index contributed by atoms with van der Waals surface area (Å²) in [6.45, 7) is 0. The van der Waals surface area contributed by atoms with E-state index < -0.39 is 11.7 Å². The minimum atomic E-state index is -4.40. The SMILES string of the molecule is O=c1c(Br)ccc2cc(C(F)(F)F)ccn12. The van der Waals surface area contributed by atoms with Crippen LogP contribution < -0.4 is 5.56 Å². The summed E-state index contributed by atoms with van der Waals surface area (Å²) in [4.78, 5) is 11.5. The third-order valence-electron chi connectivity index (χ3n) is 2.14. The minimum Gasteiger partial charge on any atom is -0.283 e. The van der Waals surface area contributed by atoms with Gasteiger partial charge in [0, 0.05) is 11.7 Å². The Morgan fingerprint density at radius 3 is 2.50 bits per heavy atom. The molecule has 2 aromatic heterocycles. The summed E-state index contributed by atoms with van der Waals surface area (Å²) < 4.78 is 38.7. The largest absolute Gasteiger partial charge is 0.416 e. The molecule has 2 nitrogen and oxygen atoms in total. The minimum absolute atomic E-state index is 0.211. The first kappa shape index (κ1) is 11.2. The molecule has 0 fully saturated rings. The van der Waals surface area contributed by atoms with Crippen LogP contribution in [0.5, 0.6) is 0 Å². The maximum atomic E-state index is 12.4. The Morgan fingerprint density at radius 2 is 1.88 bits per heavy atom. The summed E-state index contributed by atoms with van der Waals surface area (Å²) in [5.41, 5.74) is -0.941. The first-order valence-electron chi connectivity index (χ1n) is 4.28. The standard InChI is InChI=1S/C10H5BrF3NO/c11-8-2-1-7-5-6(10(12,13)14)3-4-15(7)9(8)16/h1-5H. The molecule has 2 heterocycles. The van der Waals surface area contributed by atoms with Gasteiger partial charge in [-0.2, -0.15) is 13.2 Å². The lowest BCUT2D eigenvalue weighted by Gasteiger charge is -2.08. The summed E-state index contributed by atoms with van der Waals surface area (Å²) >= 11 is 3.02. The zero-order valence-corrected chi connectivity index (χ0v) is 9.34. The molecule has 0 bridgehead atoms. The van der Waals surface area contributed by atoms with Gasteiger partial charge in [0.2, 0.25) is 0 Å². The second kappa shape index (κ2) is 3.62. The molecule has 0 N–H and O–H groups in total. The van der Waals surface area contributed by atoms with Crippen molar-refractivity contribution in [1.29, 1.82) is 0 Å². The van der Waals surface area contributed by atoms with Crippen LogP contribution in [0.2, 0.25) is 0 Å². The molecule has 16 heavy (non-hydrogen) atoms. The van der Waals surface area contributed by atoms with Crippen LogP contribution in [-0.2, 0) is 6.18 Å². The van der Waals surface area contributed by atoms with Crippen LogP contribution in [0, 0.1) is 0 Å². The number of nitrogens with zero attached hydrogens (tertiary/aromatic N) is 1. The van der Waals surface area contributed by atoms with Crippen LogP contribution in [0.15, 0.2) is 39.7 Å². The van der Waals surface area contributed by atoms with E-state index in [-0.39, 0.29) is 11.1 Å². The lowest BCUT2D eigenvalue weighted by Crippen LogP contribution is -2.15. The maximum absolute atomic E-state index is 12.4. The normalized spacial score (nSPS) is 12.0. The Kier molecular flexibility index (Phi) is 2.53. The van der Waals surface area contributed by atoms with Gasteiger partial charge >= 0.3 is 6.18 Å². The van der Waals surface area contributed by atoms with Crippen LogP contribution in [0.3, 0.4) is 0 Å². The number of aromatic nitrogens is 1. The predicted molar refractivity (Wildman–Crippen MR) is 56.4 cm³/mol. The fourth-order valence-corrected chi connectivity index (χ4v) is 1.68. The smallest absolute Gasteiger partial charge is 0.283 e. The van der Waals surface area contributed by atoms with Crippen LogP contribution in [0.4, 0.5) is 13.2 Å². The van der Waals surface area contributed by atoms with Gasteiger partial charge in [0.15, 0.2) is 0 Å². The quantitative estimate of drug-likeness (QED) is 0.731. The number of fused-ring (bicyclic) bond motifs is 1. The molecular formula is C10H5BrF3NO. The van der Waals surface area contributed by atoms with Gasteiger partial charge in [-0.25, -0.2) is 0 Å². The van der Waals surface area contributed by atoms with Crippen molar-refractivity contribution in [3.63, 3.8) is 0 Å². The van der Waals surface area contributed by atoms with E-state index >= 15 is 0 Å². The molecule has 6 heteroatoms. The lowest BCUT2D eigenvalue weighted by atomic mass is 10.2. The van der Waals surface area contributed by atoms with Gasteiger partial charge in [-0.15, -0.1) is 0 Å². The van der Waals surface area contributed by atoms with Gasteiger partial charge < -0.3 is 0 Å². The Balaban J connectivity index is 2.75. The molecule has 0 aromatic carbocycles. The zero-order chi connectivity index (χ0) is 11.9. The molecule has 0 aliphatic carbocycles. The van der Waals surface area contributed by atoms with Gasteiger partial charge in [0.25, 0.3) is 5.56 Å². The first-order valence-corrected chi connectivity index (χ1v) is 5.07. The molecule has 0 radical (unpaired) electrons. The van der Waals surface area contributed by atoms with Gasteiger partial charge in [0.1, 0.15) is 0 Å². The Morgan fingerprint density at radius 1 is 1.19 bits per heavy atom. The monoisotopic (exact) mass is 291 g/mol. The second-order valence-electron chi connectivity index (χ2n) is 3.19.